The molecule has 0 aliphatic carbocycles. The van der Waals surface area contributed by atoms with E-state index in [4.69, 9.17) is 9.47 Å². The zero-order valence-electron chi connectivity index (χ0n) is 14.5. The van der Waals surface area contributed by atoms with Crippen LogP contribution in [0.5, 0.6) is 0 Å². The molecule has 1 aliphatic rings. The quantitative estimate of drug-likeness (QED) is 0.546. The van der Waals surface area contributed by atoms with Crippen molar-refractivity contribution in [2.24, 2.45) is 0 Å². The molecule has 1 aliphatic heterocycles. The maximum Gasteiger partial charge on any atom is 0.191 e. The molecule has 0 amide bonds. The first-order valence-corrected chi connectivity index (χ1v) is 11.3. The van der Waals surface area contributed by atoms with Gasteiger partial charge in [-0.05, 0) is 25.5 Å². The van der Waals surface area contributed by atoms with Crippen molar-refractivity contribution >= 4 is 45.1 Å². The number of ether oxygens (including phenoxy) is 2. The molecule has 3 heterocycles. The van der Waals surface area contributed by atoms with Crippen LogP contribution in [0.25, 0.3) is 10.2 Å². The van der Waals surface area contributed by atoms with Crippen LogP contribution in [0.15, 0.2) is 33.8 Å². The van der Waals surface area contributed by atoms with Crippen molar-refractivity contribution in [2.75, 3.05) is 19.2 Å². The molecule has 138 valence electrons. The lowest BCUT2D eigenvalue weighted by atomic mass is 10.3. The summed E-state index contributed by atoms with van der Waals surface area (Å²) in [5, 5.41) is 9.75. The van der Waals surface area contributed by atoms with Gasteiger partial charge in [0.15, 0.2) is 9.50 Å². The summed E-state index contributed by atoms with van der Waals surface area (Å²) in [5.41, 5.74) is 1.06. The number of benzene rings is 1. The van der Waals surface area contributed by atoms with Crippen molar-refractivity contribution in [1.29, 1.82) is 0 Å². The minimum absolute atomic E-state index is 0.233. The van der Waals surface area contributed by atoms with Crippen LogP contribution < -0.4 is 0 Å². The van der Waals surface area contributed by atoms with Gasteiger partial charge >= 0.3 is 0 Å². The Kier molecular flexibility index (Phi) is 6.11. The van der Waals surface area contributed by atoms with Gasteiger partial charge < -0.3 is 14.0 Å². The van der Waals surface area contributed by atoms with Crippen LogP contribution >= 0.6 is 34.9 Å². The normalized spacial score (nSPS) is 17.8. The van der Waals surface area contributed by atoms with Crippen molar-refractivity contribution in [1.82, 2.24) is 19.7 Å². The van der Waals surface area contributed by atoms with E-state index in [1.807, 2.05) is 12.1 Å². The molecule has 26 heavy (non-hydrogen) atoms. The van der Waals surface area contributed by atoms with Crippen molar-refractivity contribution in [3.05, 3.63) is 30.1 Å². The Morgan fingerprint density at radius 2 is 2.19 bits per heavy atom. The van der Waals surface area contributed by atoms with Gasteiger partial charge in [-0.3, -0.25) is 0 Å². The highest BCUT2D eigenvalue weighted by molar-refractivity contribution is 8.00. The maximum atomic E-state index is 5.60. The highest BCUT2D eigenvalue weighted by atomic mass is 32.2. The minimum atomic E-state index is 0.233. The van der Waals surface area contributed by atoms with Crippen LogP contribution in [0.4, 0.5) is 0 Å². The molecule has 0 saturated carbocycles. The Morgan fingerprint density at radius 1 is 1.27 bits per heavy atom. The first kappa shape index (κ1) is 18.2. The van der Waals surface area contributed by atoms with Gasteiger partial charge in [-0.25, -0.2) is 4.98 Å². The predicted octanol–water partition coefficient (Wildman–Crippen LogP) is 4.06. The van der Waals surface area contributed by atoms with Crippen LogP contribution in [0, 0.1) is 0 Å². The third kappa shape index (κ3) is 4.23. The molecule has 6 nitrogen and oxygen atoms in total. The number of fused-ring (bicyclic) bond motifs is 1. The number of thiazole rings is 1. The molecule has 2 aromatic heterocycles. The third-order valence-corrected chi connectivity index (χ3v) is 7.35. The van der Waals surface area contributed by atoms with Crippen molar-refractivity contribution in [3.8, 4) is 0 Å². The summed E-state index contributed by atoms with van der Waals surface area (Å²) < 4.78 is 15.3. The van der Waals surface area contributed by atoms with Gasteiger partial charge in [0.1, 0.15) is 12.6 Å². The standard InChI is InChI=1S/C17H20N4O2S3/c1-2-21-15(10-25-17-18-13-5-3-4-6-14(13)26-17)19-20-16(21)24-9-12-7-8-22-11-23-12/h3-6,12H,2,7-11H2,1H3/t12-/m0/s1. The smallest absolute Gasteiger partial charge is 0.191 e. The number of hydrogen-bond acceptors (Lipinski definition) is 8. The molecule has 1 aromatic carbocycles. The molecule has 4 rings (SSSR count). The van der Waals surface area contributed by atoms with E-state index in [0.29, 0.717) is 6.79 Å². The second-order valence-corrected chi connectivity index (χ2v) is 9.03. The highest BCUT2D eigenvalue weighted by Gasteiger charge is 2.18. The van der Waals surface area contributed by atoms with Crippen LogP contribution in [0.3, 0.4) is 0 Å². The maximum absolute atomic E-state index is 5.60. The van der Waals surface area contributed by atoms with Crippen LogP contribution in [0.1, 0.15) is 19.2 Å². The number of nitrogens with zero attached hydrogens (tertiary/aromatic N) is 4. The summed E-state index contributed by atoms with van der Waals surface area (Å²) in [7, 11) is 0. The summed E-state index contributed by atoms with van der Waals surface area (Å²) in [6.45, 7) is 4.16. The van der Waals surface area contributed by atoms with Gasteiger partial charge in [0.05, 0.1) is 28.7 Å². The van der Waals surface area contributed by atoms with Gasteiger partial charge in [-0.15, -0.1) is 21.5 Å². The number of thioether (sulfide) groups is 2. The SMILES string of the molecule is CCn1c(CSc2nc3ccccc3s2)nnc1SC[C@@H]1CCOCO1. The largest absolute Gasteiger partial charge is 0.355 e. The average molecular weight is 409 g/mol. The predicted molar refractivity (Wildman–Crippen MR) is 106 cm³/mol. The molecule has 1 fully saturated rings. The fourth-order valence-electron chi connectivity index (χ4n) is 2.69. The Hall–Kier alpha value is -1.13. The van der Waals surface area contributed by atoms with E-state index in [-0.39, 0.29) is 6.10 Å². The zero-order chi connectivity index (χ0) is 17.8. The number of para-hydroxylation sites is 1. The molecule has 0 radical (unpaired) electrons. The van der Waals surface area contributed by atoms with E-state index < -0.39 is 0 Å². The first-order valence-electron chi connectivity index (χ1n) is 8.56. The minimum Gasteiger partial charge on any atom is -0.355 e. The Morgan fingerprint density at radius 3 is 3.00 bits per heavy atom. The zero-order valence-corrected chi connectivity index (χ0v) is 16.9. The van der Waals surface area contributed by atoms with E-state index >= 15 is 0 Å². The van der Waals surface area contributed by atoms with E-state index in [1.165, 1.54) is 4.70 Å². The molecule has 1 atom stereocenters. The molecular weight excluding hydrogens is 388 g/mol. The highest BCUT2D eigenvalue weighted by Crippen LogP contribution is 2.31. The molecule has 3 aromatic rings. The van der Waals surface area contributed by atoms with Crippen LogP contribution in [-0.4, -0.2) is 45.0 Å². The molecule has 0 bridgehead atoms. The number of hydrogen-bond donors (Lipinski definition) is 0. The van der Waals surface area contributed by atoms with Crippen molar-refractivity contribution < 1.29 is 9.47 Å². The van der Waals surface area contributed by atoms with Crippen molar-refractivity contribution in [3.63, 3.8) is 0 Å². The lowest BCUT2D eigenvalue weighted by molar-refractivity contribution is -0.130. The second kappa shape index (κ2) is 8.71. The van der Waals surface area contributed by atoms with E-state index in [0.717, 1.165) is 51.9 Å². The van der Waals surface area contributed by atoms with Gasteiger partial charge in [0, 0.05) is 12.3 Å². The molecule has 0 N–H and O–H groups in total. The van der Waals surface area contributed by atoms with E-state index in [2.05, 4.69) is 38.8 Å². The molecule has 1 saturated heterocycles. The Balaban J connectivity index is 1.39. The van der Waals surface area contributed by atoms with Gasteiger partial charge in [-0.2, -0.15) is 0 Å². The van der Waals surface area contributed by atoms with E-state index in [1.54, 1.807) is 34.9 Å². The lowest BCUT2D eigenvalue weighted by Crippen LogP contribution is -2.25. The first-order chi connectivity index (χ1) is 12.8. The number of aromatic nitrogens is 4. The molecule has 9 heteroatoms. The van der Waals surface area contributed by atoms with Gasteiger partial charge in [0.2, 0.25) is 0 Å². The number of rotatable bonds is 7. The summed E-state index contributed by atoms with van der Waals surface area (Å²) in [4.78, 5) is 4.68. The lowest BCUT2D eigenvalue weighted by Gasteiger charge is -2.22. The fraction of sp³-hybridized carbons (Fsp3) is 0.471. The summed E-state index contributed by atoms with van der Waals surface area (Å²) in [5.74, 6) is 2.65. The summed E-state index contributed by atoms with van der Waals surface area (Å²) in [6, 6.07) is 8.24. The summed E-state index contributed by atoms with van der Waals surface area (Å²) >= 11 is 5.16. The Bertz CT molecular complexity index is 828. The second-order valence-electron chi connectivity index (χ2n) is 5.79. The molecule has 0 unspecified atom stereocenters. The molecule has 0 spiro atoms. The third-order valence-electron chi connectivity index (χ3n) is 4.08. The van der Waals surface area contributed by atoms with Crippen LogP contribution in [0.2, 0.25) is 0 Å². The summed E-state index contributed by atoms with van der Waals surface area (Å²) in [6.07, 6.45) is 1.17. The topological polar surface area (TPSA) is 62.1 Å². The Labute approximate surface area is 164 Å². The van der Waals surface area contributed by atoms with Crippen LogP contribution in [-0.2, 0) is 21.8 Å². The fourth-order valence-corrected chi connectivity index (χ4v) is 5.78. The van der Waals surface area contributed by atoms with E-state index in [9.17, 15) is 0 Å². The van der Waals surface area contributed by atoms with Crippen molar-refractivity contribution in [2.45, 2.75) is 41.2 Å². The molecular formula is C17H20N4O2S3. The van der Waals surface area contributed by atoms with Gasteiger partial charge in [0.25, 0.3) is 0 Å². The monoisotopic (exact) mass is 408 g/mol. The van der Waals surface area contributed by atoms with Gasteiger partial charge in [-0.1, -0.05) is 35.7 Å². The average Bonchev–Trinajstić information content (AvgIpc) is 3.28.